The molecular formula is C14H16F3N3O4. The van der Waals surface area contributed by atoms with Crippen molar-refractivity contribution in [2.45, 2.75) is 25.0 Å². The normalized spacial score (nSPS) is 23.8. The van der Waals surface area contributed by atoms with Gasteiger partial charge in [-0.15, -0.1) is 0 Å². The monoisotopic (exact) mass is 347 g/mol. The number of carbonyl (C=O) groups excluding carboxylic acids is 2. The van der Waals surface area contributed by atoms with E-state index in [9.17, 15) is 22.8 Å². The topological polar surface area (TPSA) is 79.9 Å². The van der Waals surface area contributed by atoms with E-state index in [1.165, 1.54) is 43.3 Å². The van der Waals surface area contributed by atoms with Crippen LogP contribution in [0.25, 0.3) is 0 Å². The number of amides is 1. The zero-order valence-corrected chi connectivity index (χ0v) is 13.1. The smallest absolute Gasteiger partial charge is 0.410 e. The molecule has 24 heavy (non-hydrogen) atoms. The SMILES string of the molecule is CC(=O)C1(c2ccc(OC(=O)N(C)C)cc2)NOC(C(F)(F)F)N1. The molecule has 1 heterocycles. The lowest BCUT2D eigenvalue weighted by Gasteiger charge is -2.26. The van der Waals surface area contributed by atoms with E-state index in [-0.39, 0.29) is 11.3 Å². The van der Waals surface area contributed by atoms with Crippen molar-refractivity contribution in [2.75, 3.05) is 14.1 Å². The van der Waals surface area contributed by atoms with Crippen LogP contribution in [0.5, 0.6) is 5.75 Å². The van der Waals surface area contributed by atoms with Crippen molar-refractivity contribution >= 4 is 11.9 Å². The van der Waals surface area contributed by atoms with Gasteiger partial charge in [-0.2, -0.15) is 18.7 Å². The van der Waals surface area contributed by atoms with Crippen LogP contribution in [0, 0.1) is 0 Å². The van der Waals surface area contributed by atoms with E-state index >= 15 is 0 Å². The van der Waals surface area contributed by atoms with E-state index in [1.54, 1.807) is 0 Å². The van der Waals surface area contributed by atoms with E-state index in [1.807, 2.05) is 0 Å². The first kappa shape index (κ1) is 18.2. The number of Topliss-reactive ketones (excluding diaryl/α,β-unsaturated/α-hetero) is 1. The molecule has 0 spiro atoms. The molecule has 2 N–H and O–H groups in total. The third-order valence-corrected chi connectivity index (χ3v) is 3.36. The van der Waals surface area contributed by atoms with Crippen molar-refractivity contribution in [3.8, 4) is 5.75 Å². The predicted octanol–water partition coefficient (Wildman–Crippen LogP) is 1.50. The van der Waals surface area contributed by atoms with Gasteiger partial charge in [-0.3, -0.25) is 14.9 Å². The van der Waals surface area contributed by atoms with Crippen molar-refractivity contribution in [1.29, 1.82) is 0 Å². The van der Waals surface area contributed by atoms with Gasteiger partial charge in [0.2, 0.25) is 6.23 Å². The minimum Gasteiger partial charge on any atom is -0.410 e. The Morgan fingerprint density at radius 1 is 1.25 bits per heavy atom. The van der Waals surface area contributed by atoms with Gasteiger partial charge in [0.25, 0.3) is 0 Å². The highest BCUT2D eigenvalue weighted by Gasteiger charge is 2.54. The number of hydrogen-bond acceptors (Lipinski definition) is 6. The first-order valence-corrected chi connectivity index (χ1v) is 6.84. The lowest BCUT2D eigenvalue weighted by molar-refractivity contribution is -0.224. The van der Waals surface area contributed by atoms with Crippen LogP contribution in [0.4, 0.5) is 18.0 Å². The Kier molecular flexibility index (Phi) is 4.83. The second-order valence-corrected chi connectivity index (χ2v) is 5.38. The summed E-state index contributed by atoms with van der Waals surface area (Å²) in [6.07, 6.45) is -7.62. The van der Waals surface area contributed by atoms with Crippen LogP contribution < -0.4 is 15.5 Å². The number of nitrogens with zero attached hydrogens (tertiary/aromatic N) is 1. The Bertz CT molecular complexity index is 633. The van der Waals surface area contributed by atoms with Gasteiger partial charge in [-0.05, 0) is 24.6 Å². The predicted molar refractivity (Wildman–Crippen MR) is 75.7 cm³/mol. The average Bonchev–Trinajstić information content (AvgIpc) is 2.94. The summed E-state index contributed by atoms with van der Waals surface area (Å²) in [6, 6.07) is 5.46. The zero-order chi connectivity index (χ0) is 18.1. The van der Waals surface area contributed by atoms with E-state index in [4.69, 9.17) is 4.74 Å². The Morgan fingerprint density at radius 2 is 1.83 bits per heavy atom. The molecule has 1 saturated heterocycles. The minimum absolute atomic E-state index is 0.183. The number of alkyl halides is 3. The molecule has 10 heteroatoms. The van der Waals surface area contributed by atoms with Crippen LogP contribution in [-0.4, -0.2) is 43.3 Å². The molecule has 0 radical (unpaired) electrons. The van der Waals surface area contributed by atoms with Crippen LogP contribution in [0.3, 0.4) is 0 Å². The van der Waals surface area contributed by atoms with Crippen LogP contribution in [0.1, 0.15) is 12.5 Å². The molecule has 1 aromatic carbocycles. The number of ether oxygens (including phenoxy) is 1. The molecule has 2 unspecified atom stereocenters. The van der Waals surface area contributed by atoms with Crippen LogP contribution >= 0.6 is 0 Å². The summed E-state index contributed by atoms with van der Waals surface area (Å²) in [5, 5.41) is 2.11. The lowest BCUT2D eigenvalue weighted by Crippen LogP contribution is -2.54. The fraction of sp³-hybridized carbons (Fsp3) is 0.429. The molecule has 7 nitrogen and oxygen atoms in total. The van der Waals surface area contributed by atoms with Crippen molar-refractivity contribution < 1.29 is 32.3 Å². The number of carbonyl (C=O) groups is 2. The highest BCUT2D eigenvalue weighted by atomic mass is 19.4. The molecule has 1 aromatic rings. The van der Waals surface area contributed by atoms with Gasteiger partial charge >= 0.3 is 12.3 Å². The third kappa shape index (κ3) is 3.50. The molecule has 1 aliphatic rings. The Labute approximate surface area is 135 Å². The summed E-state index contributed by atoms with van der Waals surface area (Å²) in [5.74, 6) is -0.435. The quantitative estimate of drug-likeness (QED) is 0.863. The molecule has 0 saturated carbocycles. The molecule has 0 aliphatic carbocycles. The lowest BCUT2D eigenvalue weighted by atomic mass is 9.96. The fourth-order valence-corrected chi connectivity index (χ4v) is 2.04. The number of nitrogens with one attached hydrogen (secondary N) is 2. The van der Waals surface area contributed by atoms with Gasteiger partial charge in [0.1, 0.15) is 5.75 Å². The van der Waals surface area contributed by atoms with Gasteiger partial charge in [-0.1, -0.05) is 12.1 Å². The van der Waals surface area contributed by atoms with Crippen molar-refractivity contribution in [3.05, 3.63) is 29.8 Å². The summed E-state index contributed by atoms with van der Waals surface area (Å²) < 4.78 is 43.3. The number of rotatable bonds is 3. The van der Waals surface area contributed by atoms with Gasteiger partial charge in [-0.25, -0.2) is 4.79 Å². The molecule has 1 aliphatic heterocycles. The van der Waals surface area contributed by atoms with Crippen LogP contribution in [0.2, 0.25) is 0 Å². The minimum atomic E-state index is -4.69. The molecule has 2 rings (SSSR count). The molecule has 1 amide bonds. The van der Waals surface area contributed by atoms with Gasteiger partial charge in [0, 0.05) is 14.1 Å². The van der Waals surface area contributed by atoms with Gasteiger partial charge in [0.05, 0.1) is 0 Å². The van der Waals surface area contributed by atoms with Crippen molar-refractivity contribution in [2.24, 2.45) is 0 Å². The third-order valence-electron chi connectivity index (χ3n) is 3.36. The molecular weight excluding hydrogens is 331 g/mol. The number of hydroxylamine groups is 1. The van der Waals surface area contributed by atoms with Crippen molar-refractivity contribution in [3.63, 3.8) is 0 Å². The second-order valence-electron chi connectivity index (χ2n) is 5.38. The van der Waals surface area contributed by atoms with Gasteiger partial charge < -0.3 is 9.64 Å². The largest absolute Gasteiger partial charge is 0.430 e. The van der Waals surface area contributed by atoms with E-state index in [0.29, 0.717) is 0 Å². The highest BCUT2D eigenvalue weighted by Crippen LogP contribution is 2.32. The second kappa shape index (κ2) is 6.38. The van der Waals surface area contributed by atoms with E-state index in [0.717, 1.165) is 6.92 Å². The first-order chi connectivity index (χ1) is 11.1. The number of hydrogen-bond donors (Lipinski definition) is 2. The molecule has 132 valence electrons. The molecule has 0 bridgehead atoms. The zero-order valence-electron chi connectivity index (χ0n) is 13.1. The summed E-state index contributed by atoms with van der Waals surface area (Å²) in [7, 11) is 3.00. The standard InChI is InChI=1S/C14H16F3N3O4/c1-8(21)13(18-11(24-19-13)14(15,16)17)9-4-6-10(7-5-9)23-12(22)20(2)3/h4-7,11,18-19H,1-3H3. The number of benzene rings is 1. The van der Waals surface area contributed by atoms with E-state index < -0.39 is 29.9 Å². The summed E-state index contributed by atoms with van der Waals surface area (Å²) in [6.45, 7) is 1.13. The summed E-state index contributed by atoms with van der Waals surface area (Å²) in [5.41, 5.74) is 0.468. The Morgan fingerprint density at radius 3 is 2.25 bits per heavy atom. The maximum Gasteiger partial charge on any atom is 0.430 e. The van der Waals surface area contributed by atoms with Gasteiger partial charge in [0.15, 0.2) is 11.4 Å². The number of halogens is 3. The first-order valence-electron chi connectivity index (χ1n) is 6.84. The summed E-state index contributed by atoms with van der Waals surface area (Å²) in [4.78, 5) is 29.1. The fourth-order valence-electron chi connectivity index (χ4n) is 2.04. The average molecular weight is 347 g/mol. The van der Waals surface area contributed by atoms with E-state index in [2.05, 4.69) is 15.6 Å². The maximum absolute atomic E-state index is 12.8. The Hall–Kier alpha value is -2.17. The maximum atomic E-state index is 12.8. The molecule has 0 aromatic heterocycles. The highest BCUT2D eigenvalue weighted by molar-refractivity contribution is 5.87. The Balaban J connectivity index is 2.24. The van der Waals surface area contributed by atoms with Crippen molar-refractivity contribution in [1.82, 2.24) is 15.7 Å². The summed E-state index contributed by atoms with van der Waals surface area (Å²) >= 11 is 0. The molecule has 1 fully saturated rings. The molecule has 2 atom stereocenters. The van der Waals surface area contributed by atoms with Crippen LogP contribution in [-0.2, 0) is 15.3 Å². The van der Waals surface area contributed by atoms with Crippen LogP contribution in [0.15, 0.2) is 24.3 Å². The number of ketones is 1.